The number of carboxylic acids is 1. The molecule has 0 unspecified atom stereocenters. The Balaban J connectivity index is 2.16. The van der Waals surface area contributed by atoms with Crippen LogP contribution in [0.15, 0.2) is 23.1 Å². The fraction of sp³-hybridized carbons (Fsp3) is 0.500. The fourth-order valence-corrected chi connectivity index (χ4v) is 3.72. The smallest absolute Gasteiger partial charge is 0.303 e. The molecule has 0 bridgehead atoms. The van der Waals surface area contributed by atoms with Crippen molar-refractivity contribution in [3.8, 4) is 5.75 Å². The van der Waals surface area contributed by atoms with Gasteiger partial charge in [0.2, 0.25) is 10.0 Å². The van der Waals surface area contributed by atoms with E-state index >= 15 is 0 Å². The number of ether oxygens (including phenoxy) is 1. The highest BCUT2D eigenvalue weighted by molar-refractivity contribution is 7.89. The lowest BCUT2D eigenvalue weighted by Crippen LogP contribution is -2.43. The monoisotopic (exact) mass is 313 g/mol. The van der Waals surface area contributed by atoms with Gasteiger partial charge in [0.15, 0.2) is 0 Å². The minimum Gasteiger partial charge on any atom is -0.493 e. The molecule has 0 aromatic heterocycles. The van der Waals surface area contributed by atoms with E-state index in [1.807, 2.05) is 0 Å². The molecule has 1 heterocycles. The second-order valence-electron chi connectivity index (χ2n) is 5.75. The summed E-state index contributed by atoms with van der Waals surface area (Å²) in [4.78, 5) is 10.8. The second kappa shape index (κ2) is 5.65. The molecule has 1 aromatic rings. The predicted octanol–water partition coefficient (Wildman–Crippen LogP) is 1.54. The second-order valence-corrected chi connectivity index (χ2v) is 7.43. The van der Waals surface area contributed by atoms with Crippen molar-refractivity contribution in [1.82, 2.24) is 4.72 Å². The zero-order chi connectivity index (χ0) is 15.7. The fourth-order valence-electron chi connectivity index (χ4n) is 2.22. The van der Waals surface area contributed by atoms with Crippen molar-refractivity contribution in [2.45, 2.75) is 43.5 Å². The molecule has 1 aliphatic heterocycles. The molecule has 0 atom stereocenters. The summed E-state index contributed by atoms with van der Waals surface area (Å²) in [6.45, 7) is 3.91. The maximum Gasteiger partial charge on any atom is 0.303 e. The molecule has 1 aliphatic rings. The summed E-state index contributed by atoms with van der Waals surface area (Å²) in [5.74, 6) is -0.226. The third-order valence-electron chi connectivity index (χ3n) is 3.35. The number of carbonyl (C=O) groups is 1. The number of aliphatic carboxylic acids is 1. The zero-order valence-electron chi connectivity index (χ0n) is 12.0. The van der Waals surface area contributed by atoms with Crippen LogP contribution in [0, 0.1) is 0 Å². The van der Waals surface area contributed by atoms with Crippen LogP contribution >= 0.6 is 0 Å². The highest BCUT2D eigenvalue weighted by Gasteiger charge is 2.27. The molecule has 0 saturated heterocycles. The highest BCUT2D eigenvalue weighted by atomic mass is 32.2. The Morgan fingerprint density at radius 3 is 2.81 bits per heavy atom. The summed E-state index contributed by atoms with van der Waals surface area (Å²) in [6.07, 6.45) is 0.824. The summed E-state index contributed by atoms with van der Waals surface area (Å²) in [6, 6.07) is 4.76. The van der Waals surface area contributed by atoms with Crippen LogP contribution < -0.4 is 9.46 Å². The average molecular weight is 313 g/mol. The normalized spacial score (nSPS) is 14.6. The maximum absolute atomic E-state index is 12.4. The van der Waals surface area contributed by atoms with E-state index in [1.165, 1.54) is 6.07 Å². The molecule has 0 saturated carbocycles. The summed E-state index contributed by atoms with van der Waals surface area (Å²) in [5, 5.41) is 8.71. The van der Waals surface area contributed by atoms with E-state index in [-0.39, 0.29) is 17.7 Å². The highest BCUT2D eigenvalue weighted by Crippen LogP contribution is 2.28. The van der Waals surface area contributed by atoms with Crippen LogP contribution in [0.1, 0.15) is 32.3 Å². The number of benzene rings is 1. The lowest BCUT2D eigenvalue weighted by Gasteiger charge is -2.25. The first-order valence-electron chi connectivity index (χ1n) is 6.71. The molecular weight excluding hydrogens is 294 g/mol. The summed E-state index contributed by atoms with van der Waals surface area (Å²) in [7, 11) is -3.69. The molecule has 21 heavy (non-hydrogen) atoms. The molecule has 0 amide bonds. The number of nitrogens with one attached hydrogen (secondary N) is 1. The van der Waals surface area contributed by atoms with E-state index in [4.69, 9.17) is 9.84 Å². The van der Waals surface area contributed by atoms with Crippen LogP contribution in [0.5, 0.6) is 5.75 Å². The van der Waals surface area contributed by atoms with Crippen molar-refractivity contribution in [3.63, 3.8) is 0 Å². The molecule has 2 rings (SSSR count). The lowest BCUT2D eigenvalue weighted by atomic mass is 10.0. The van der Waals surface area contributed by atoms with Gasteiger partial charge in [0, 0.05) is 18.4 Å². The summed E-state index contributed by atoms with van der Waals surface area (Å²) < 4.78 is 32.7. The Kier molecular flexibility index (Phi) is 4.25. The molecular formula is C14H19NO5S. The van der Waals surface area contributed by atoms with E-state index in [2.05, 4.69) is 4.72 Å². The number of hydrogen-bond acceptors (Lipinski definition) is 4. The summed E-state index contributed by atoms with van der Waals surface area (Å²) in [5.41, 5.74) is 0.0495. The van der Waals surface area contributed by atoms with Gasteiger partial charge in [-0.3, -0.25) is 4.79 Å². The van der Waals surface area contributed by atoms with Crippen molar-refractivity contribution in [2.75, 3.05) is 6.61 Å². The Morgan fingerprint density at radius 1 is 1.43 bits per heavy atom. The Labute approximate surface area is 124 Å². The molecule has 116 valence electrons. The third-order valence-corrected chi connectivity index (χ3v) is 5.04. The molecule has 2 N–H and O–H groups in total. The molecule has 6 nitrogen and oxygen atoms in total. The zero-order valence-corrected chi connectivity index (χ0v) is 12.9. The van der Waals surface area contributed by atoms with Gasteiger partial charge in [-0.05, 0) is 44.0 Å². The van der Waals surface area contributed by atoms with Gasteiger partial charge in [0.25, 0.3) is 0 Å². The average Bonchev–Trinajstić information content (AvgIpc) is 2.82. The standard InChI is InChI=1S/C14H19NO5S/c1-14(2,7-5-13(16)17)15-21(18,19)11-3-4-12-10(9-11)6-8-20-12/h3-4,9,15H,5-8H2,1-2H3,(H,16,17). The van der Waals surface area contributed by atoms with Crippen molar-refractivity contribution in [3.05, 3.63) is 23.8 Å². The molecule has 7 heteroatoms. The topological polar surface area (TPSA) is 92.7 Å². The van der Waals surface area contributed by atoms with Gasteiger partial charge in [-0.25, -0.2) is 13.1 Å². The van der Waals surface area contributed by atoms with E-state index < -0.39 is 21.5 Å². The number of sulfonamides is 1. The van der Waals surface area contributed by atoms with Crippen LogP contribution in [-0.2, 0) is 21.2 Å². The van der Waals surface area contributed by atoms with Gasteiger partial charge in [0.05, 0.1) is 11.5 Å². The van der Waals surface area contributed by atoms with Gasteiger partial charge < -0.3 is 9.84 Å². The number of carboxylic acid groups (broad SMARTS) is 1. The first kappa shape index (κ1) is 15.8. The van der Waals surface area contributed by atoms with Gasteiger partial charge >= 0.3 is 5.97 Å². The molecule has 0 fully saturated rings. The summed E-state index contributed by atoms with van der Waals surface area (Å²) >= 11 is 0. The third kappa shape index (κ3) is 3.95. The predicted molar refractivity (Wildman–Crippen MR) is 76.9 cm³/mol. The Hall–Kier alpha value is -1.60. The van der Waals surface area contributed by atoms with Crippen molar-refractivity contribution in [2.24, 2.45) is 0 Å². The van der Waals surface area contributed by atoms with Crippen LogP contribution in [0.3, 0.4) is 0 Å². The molecule has 1 aromatic carbocycles. The number of fused-ring (bicyclic) bond motifs is 1. The van der Waals surface area contributed by atoms with Crippen LogP contribution in [-0.4, -0.2) is 31.6 Å². The van der Waals surface area contributed by atoms with E-state index in [9.17, 15) is 13.2 Å². The number of rotatable bonds is 6. The molecule has 0 aliphatic carbocycles. The lowest BCUT2D eigenvalue weighted by molar-refractivity contribution is -0.137. The first-order chi connectivity index (χ1) is 9.70. The number of hydrogen-bond donors (Lipinski definition) is 2. The quantitative estimate of drug-likeness (QED) is 0.831. The Morgan fingerprint density at radius 2 is 2.14 bits per heavy atom. The molecule has 0 radical (unpaired) electrons. The SMILES string of the molecule is CC(C)(CCC(=O)O)NS(=O)(=O)c1ccc2c(c1)CCO2. The molecule has 0 spiro atoms. The van der Waals surface area contributed by atoms with Gasteiger partial charge in [-0.15, -0.1) is 0 Å². The van der Waals surface area contributed by atoms with Crippen LogP contribution in [0.25, 0.3) is 0 Å². The van der Waals surface area contributed by atoms with Crippen molar-refractivity contribution >= 4 is 16.0 Å². The van der Waals surface area contributed by atoms with E-state index in [0.29, 0.717) is 13.0 Å². The van der Waals surface area contributed by atoms with Gasteiger partial charge in [-0.1, -0.05) is 0 Å². The van der Waals surface area contributed by atoms with Gasteiger partial charge in [-0.2, -0.15) is 0 Å². The van der Waals surface area contributed by atoms with Gasteiger partial charge in [0.1, 0.15) is 5.75 Å². The van der Waals surface area contributed by atoms with Crippen LogP contribution in [0.2, 0.25) is 0 Å². The Bertz CT molecular complexity index is 651. The first-order valence-corrected chi connectivity index (χ1v) is 8.19. The van der Waals surface area contributed by atoms with Crippen molar-refractivity contribution < 1.29 is 23.1 Å². The van der Waals surface area contributed by atoms with Crippen LogP contribution in [0.4, 0.5) is 0 Å². The minimum atomic E-state index is -3.69. The largest absolute Gasteiger partial charge is 0.493 e. The van der Waals surface area contributed by atoms with Crippen molar-refractivity contribution in [1.29, 1.82) is 0 Å². The minimum absolute atomic E-state index is 0.0897. The maximum atomic E-state index is 12.4. The van der Waals surface area contributed by atoms with E-state index in [0.717, 1.165) is 11.3 Å². The van der Waals surface area contributed by atoms with E-state index in [1.54, 1.807) is 26.0 Å².